The molecule has 1 N–H and O–H groups in total. The third-order valence-corrected chi connectivity index (χ3v) is 9.36. The van der Waals surface area contributed by atoms with Crippen LogP contribution in [-0.4, -0.2) is 79.3 Å². The first-order chi connectivity index (χ1) is 23.5. The van der Waals surface area contributed by atoms with E-state index < -0.39 is 45.0 Å². The average molecular weight is 715 g/mol. The molecule has 0 unspecified atom stereocenters. The van der Waals surface area contributed by atoms with E-state index in [1.807, 2.05) is 50.8 Å². The first kappa shape index (κ1) is 38.0. The van der Waals surface area contributed by atoms with E-state index in [1.54, 1.807) is 22.9 Å². The average Bonchev–Trinajstić information content (AvgIpc) is 3.44. The first-order valence-electron chi connectivity index (χ1n) is 16.0. The van der Waals surface area contributed by atoms with Gasteiger partial charge in [0.2, 0.25) is 0 Å². The molecular formula is C34H42N4O11S. The largest absolute Gasteiger partial charge is 0.748 e. The number of carboxylic acids is 1. The molecule has 15 nitrogen and oxygen atoms in total. The van der Waals surface area contributed by atoms with Gasteiger partial charge in [0.05, 0.1) is 47.6 Å². The number of pyridine rings is 1. The molecule has 0 aromatic carbocycles. The molecule has 3 aliphatic heterocycles. The molecule has 50 heavy (non-hydrogen) atoms. The van der Waals surface area contributed by atoms with Gasteiger partial charge in [-0.05, 0) is 62.4 Å². The summed E-state index contributed by atoms with van der Waals surface area (Å²) in [4.78, 5) is 46.5. The van der Waals surface area contributed by atoms with Crippen LogP contribution in [0, 0.1) is 5.41 Å². The van der Waals surface area contributed by atoms with Crippen molar-refractivity contribution in [3.63, 3.8) is 0 Å². The Balaban J connectivity index is 1.63. The van der Waals surface area contributed by atoms with Crippen molar-refractivity contribution in [1.82, 2.24) is 4.90 Å². The molecule has 4 heterocycles. The molecule has 3 aliphatic rings. The first-order valence-corrected chi connectivity index (χ1v) is 17.6. The summed E-state index contributed by atoms with van der Waals surface area (Å²) in [5.74, 6) is 0.280. The number of methoxy groups -OCH3 is 2. The highest BCUT2D eigenvalue weighted by Gasteiger charge is 2.44. The lowest BCUT2D eigenvalue weighted by Crippen LogP contribution is -2.36. The van der Waals surface area contributed by atoms with Crippen molar-refractivity contribution in [3.05, 3.63) is 65.4 Å². The van der Waals surface area contributed by atoms with Crippen LogP contribution < -0.4 is 9.30 Å². The number of aromatic nitrogens is 1. The van der Waals surface area contributed by atoms with Gasteiger partial charge in [0.25, 0.3) is 0 Å². The molecule has 0 bridgehead atoms. The highest BCUT2D eigenvalue weighted by Crippen LogP contribution is 2.45. The Morgan fingerprint density at radius 3 is 2.36 bits per heavy atom. The summed E-state index contributed by atoms with van der Waals surface area (Å²) in [7, 11) is -2.02. The molecule has 0 spiro atoms. The fourth-order valence-corrected chi connectivity index (χ4v) is 6.26. The van der Waals surface area contributed by atoms with E-state index in [-0.39, 0.29) is 30.9 Å². The molecule has 0 fully saturated rings. The number of carbonyl (C=O) groups is 3. The normalized spacial score (nSPS) is 18.1. The minimum atomic E-state index is -4.43. The molecule has 270 valence electrons. The van der Waals surface area contributed by atoms with Gasteiger partial charge in [-0.25, -0.2) is 27.6 Å². The number of rotatable bonds is 14. The molecule has 0 aliphatic carbocycles. The number of aliphatic carboxylic acids is 1. The number of aryl methyl sites for hydroxylation is 1. The lowest BCUT2D eigenvalue weighted by molar-refractivity contribution is -0.684. The van der Waals surface area contributed by atoms with Crippen molar-refractivity contribution < 1.29 is 56.0 Å². The number of allylic oxidation sites excluding steroid dienone is 5. The van der Waals surface area contributed by atoms with Crippen LogP contribution in [0.3, 0.4) is 0 Å². The van der Waals surface area contributed by atoms with Gasteiger partial charge in [-0.2, -0.15) is 0 Å². The zero-order valence-corrected chi connectivity index (χ0v) is 29.7. The number of hydrogen-bond donors (Lipinski definition) is 1. The van der Waals surface area contributed by atoms with Gasteiger partial charge in [0, 0.05) is 35.9 Å². The molecule has 0 atom stereocenters. The van der Waals surface area contributed by atoms with Crippen LogP contribution in [0.15, 0.2) is 69.8 Å². The summed E-state index contributed by atoms with van der Waals surface area (Å²) in [6.45, 7) is 8.56. The predicted octanol–water partition coefficient (Wildman–Crippen LogP) is 4.81. The Labute approximate surface area is 291 Å². The van der Waals surface area contributed by atoms with Crippen molar-refractivity contribution >= 4 is 45.8 Å². The molecule has 0 amide bonds. The molecular weight excluding hydrogens is 672 g/mol. The van der Waals surface area contributed by atoms with Crippen molar-refractivity contribution in [1.29, 1.82) is 0 Å². The molecule has 16 heteroatoms. The highest BCUT2D eigenvalue weighted by molar-refractivity contribution is 7.85. The van der Waals surface area contributed by atoms with Crippen LogP contribution in [0.1, 0.15) is 65.4 Å². The van der Waals surface area contributed by atoms with E-state index >= 15 is 0 Å². The summed E-state index contributed by atoms with van der Waals surface area (Å²) < 4.78 is 55.4. The Kier molecular flexibility index (Phi) is 11.7. The van der Waals surface area contributed by atoms with Crippen LogP contribution >= 0.6 is 0 Å². The van der Waals surface area contributed by atoms with Crippen LogP contribution in [0.25, 0.3) is 0 Å². The lowest BCUT2D eigenvalue weighted by Gasteiger charge is -2.30. The number of aliphatic imine (C=N–C) groups is 2. The van der Waals surface area contributed by atoms with Crippen LogP contribution in [0.2, 0.25) is 0 Å². The SMILES string of the molecule is COC(=O)OC1=CN(CCCCCC(=O)O)C2=N/C(=C\C=C\C3=Nc4c(cc(OC(=O)OC)c[n+]4CCCS(=O)(=O)[O-])C3(C)C)C(C)(C)C2=C1. The number of fused-ring (bicyclic) bond motifs is 2. The third-order valence-electron chi connectivity index (χ3n) is 8.57. The number of hydrogen-bond acceptors (Lipinski definition) is 13. The molecule has 4 rings (SSSR count). The monoisotopic (exact) mass is 714 g/mol. The molecule has 0 saturated heterocycles. The summed E-state index contributed by atoms with van der Waals surface area (Å²) in [5, 5.41) is 8.97. The Hall–Kier alpha value is -4.83. The van der Waals surface area contributed by atoms with Gasteiger partial charge in [-0.15, -0.1) is 0 Å². The second-order valence-corrected chi connectivity index (χ2v) is 14.4. The van der Waals surface area contributed by atoms with Crippen LogP contribution in [0.4, 0.5) is 15.4 Å². The van der Waals surface area contributed by atoms with Crippen LogP contribution in [0.5, 0.6) is 5.75 Å². The molecule has 1 aromatic heterocycles. The Morgan fingerprint density at radius 1 is 1.00 bits per heavy atom. The zero-order valence-electron chi connectivity index (χ0n) is 28.9. The molecule has 0 saturated carbocycles. The number of carbonyl (C=O) groups excluding carboxylic acids is 2. The molecule has 1 aromatic rings. The van der Waals surface area contributed by atoms with E-state index in [0.717, 1.165) is 16.8 Å². The Morgan fingerprint density at radius 2 is 1.70 bits per heavy atom. The van der Waals surface area contributed by atoms with Crippen molar-refractivity contribution in [2.24, 2.45) is 15.4 Å². The number of ether oxygens (including phenoxy) is 4. The minimum absolute atomic E-state index is 0.0314. The van der Waals surface area contributed by atoms with Crippen LogP contribution in [-0.2, 0) is 41.1 Å². The molecule has 0 radical (unpaired) electrons. The number of amidine groups is 1. The second-order valence-electron chi connectivity index (χ2n) is 12.9. The lowest BCUT2D eigenvalue weighted by atomic mass is 9.81. The fourth-order valence-electron chi connectivity index (χ4n) is 5.78. The smallest absolute Gasteiger partial charge is 0.513 e. The maximum absolute atomic E-state index is 11.9. The third kappa shape index (κ3) is 9.04. The standard InChI is InChI=1S/C34H42N4O11S/c1-33(2)24-18-22(48-31(41)46-5)20-37(15-9-7-8-14-28(39)40)29(24)35-26(33)12-10-13-27-34(3,4)25-19-23(49-32(42)47-6)21-38(30(25)36-27)16-11-17-50(43,44)45/h10,12-13,18-21H,7-9,11,14-17H2,1-6H3,(H-,39,40,43,44,45). The Bertz CT molecular complexity index is 1840. The van der Waals surface area contributed by atoms with Crippen molar-refractivity contribution in [2.45, 2.75) is 71.8 Å². The summed E-state index contributed by atoms with van der Waals surface area (Å²) >= 11 is 0. The summed E-state index contributed by atoms with van der Waals surface area (Å²) in [6.07, 6.45) is 10.8. The predicted molar refractivity (Wildman–Crippen MR) is 180 cm³/mol. The van der Waals surface area contributed by atoms with Crippen molar-refractivity contribution in [2.75, 3.05) is 26.5 Å². The maximum Gasteiger partial charge on any atom is 0.513 e. The van der Waals surface area contributed by atoms with Gasteiger partial charge in [0.15, 0.2) is 17.2 Å². The topological polar surface area (TPSA) is 197 Å². The maximum atomic E-state index is 11.9. The summed E-state index contributed by atoms with van der Waals surface area (Å²) in [6, 6.07) is 1.68. The highest BCUT2D eigenvalue weighted by atomic mass is 32.2. The van der Waals surface area contributed by atoms with E-state index in [4.69, 9.17) is 24.6 Å². The van der Waals surface area contributed by atoms with Gasteiger partial charge < -0.3 is 33.5 Å². The van der Waals surface area contributed by atoms with E-state index in [0.29, 0.717) is 43.2 Å². The fraction of sp³-hybridized carbons (Fsp3) is 0.471. The van der Waals surface area contributed by atoms with E-state index in [1.165, 1.54) is 20.4 Å². The number of nitrogens with zero attached hydrogens (tertiary/aromatic N) is 4. The van der Waals surface area contributed by atoms with Gasteiger partial charge in [0.1, 0.15) is 12.0 Å². The minimum Gasteiger partial charge on any atom is -0.748 e. The van der Waals surface area contributed by atoms with Crippen molar-refractivity contribution in [3.8, 4) is 5.75 Å². The van der Waals surface area contributed by atoms with Gasteiger partial charge >= 0.3 is 24.1 Å². The number of unbranched alkanes of at least 4 members (excludes halogenated alkanes) is 2. The zero-order chi connectivity index (χ0) is 36.9. The van der Waals surface area contributed by atoms with Gasteiger partial charge in [-0.1, -0.05) is 26.3 Å². The summed E-state index contributed by atoms with van der Waals surface area (Å²) in [5.41, 5.74) is 1.69. The van der Waals surface area contributed by atoms with E-state index in [9.17, 15) is 27.4 Å². The quantitative estimate of drug-likeness (QED) is 0.120. The van der Waals surface area contributed by atoms with E-state index in [2.05, 4.69) is 9.47 Å². The van der Waals surface area contributed by atoms with Gasteiger partial charge in [-0.3, -0.25) is 4.79 Å². The second kappa shape index (κ2) is 15.4. The number of carboxylic acid groups (broad SMARTS) is 1.